The Morgan fingerprint density at radius 3 is 2.43 bits per heavy atom. The van der Waals surface area contributed by atoms with Gasteiger partial charge in [0.05, 0.1) is 12.6 Å². The summed E-state index contributed by atoms with van der Waals surface area (Å²) >= 11 is 0. The molecular formula is C17H27ClN2O. The molecule has 1 aliphatic rings. The summed E-state index contributed by atoms with van der Waals surface area (Å²) in [5, 5.41) is 3.28. The Bertz CT molecular complexity index is 432. The molecule has 1 saturated carbocycles. The molecule has 3 nitrogen and oxygen atoms in total. The van der Waals surface area contributed by atoms with Crippen LogP contribution in [0.4, 0.5) is 0 Å². The quantitative estimate of drug-likeness (QED) is 0.838. The smallest absolute Gasteiger partial charge is 0.236 e. The minimum Gasteiger partial charge on any atom is -0.337 e. The fourth-order valence-electron chi connectivity index (χ4n) is 2.69. The summed E-state index contributed by atoms with van der Waals surface area (Å²) in [5.41, 5.74) is 1.21. The normalized spacial score (nSPS) is 15.4. The highest BCUT2D eigenvalue weighted by atomic mass is 35.5. The zero-order chi connectivity index (χ0) is 14.5. The molecule has 0 spiro atoms. The van der Waals surface area contributed by atoms with Crippen LogP contribution < -0.4 is 5.32 Å². The lowest BCUT2D eigenvalue weighted by Crippen LogP contribution is -2.40. The lowest BCUT2D eigenvalue weighted by molar-refractivity contribution is -0.132. The summed E-state index contributed by atoms with van der Waals surface area (Å²) in [7, 11) is 1.92. The van der Waals surface area contributed by atoms with E-state index in [-0.39, 0.29) is 24.4 Å². The predicted molar refractivity (Wildman–Crippen MR) is 89.6 cm³/mol. The molecule has 1 aromatic rings. The summed E-state index contributed by atoms with van der Waals surface area (Å²) in [4.78, 5) is 14.2. The first-order chi connectivity index (χ1) is 9.59. The average Bonchev–Trinajstić information content (AvgIpc) is 3.23. The second kappa shape index (κ2) is 8.40. The first kappa shape index (κ1) is 18.0. The van der Waals surface area contributed by atoms with Gasteiger partial charge in [-0.15, -0.1) is 12.4 Å². The molecule has 0 radical (unpaired) electrons. The van der Waals surface area contributed by atoms with E-state index in [2.05, 4.69) is 31.3 Å². The first-order valence-electron chi connectivity index (χ1n) is 7.61. The lowest BCUT2D eigenvalue weighted by Gasteiger charge is -2.32. The minimum absolute atomic E-state index is 0. The number of nitrogens with one attached hydrogen (secondary N) is 1. The largest absolute Gasteiger partial charge is 0.337 e. The number of benzene rings is 1. The number of carbonyl (C=O) groups is 1. The van der Waals surface area contributed by atoms with Crippen LogP contribution in [0.1, 0.15) is 38.3 Å². The van der Waals surface area contributed by atoms with E-state index in [0.29, 0.717) is 12.5 Å². The van der Waals surface area contributed by atoms with Gasteiger partial charge in [-0.1, -0.05) is 44.2 Å². The number of hydrogen-bond acceptors (Lipinski definition) is 2. The van der Waals surface area contributed by atoms with Gasteiger partial charge in [-0.25, -0.2) is 0 Å². The Morgan fingerprint density at radius 1 is 1.29 bits per heavy atom. The highest BCUT2D eigenvalue weighted by Gasteiger charge is 2.25. The molecule has 0 aliphatic heterocycles. The fourth-order valence-corrected chi connectivity index (χ4v) is 2.69. The summed E-state index contributed by atoms with van der Waals surface area (Å²) in [6.07, 6.45) is 2.63. The number of amides is 1. The zero-order valence-corrected chi connectivity index (χ0v) is 14.0. The number of halogens is 1. The molecular weight excluding hydrogens is 284 g/mol. The van der Waals surface area contributed by atoms with Crippen molar-refractivity contribution in [3.63, 3.8) is 0 Å². The van der Waals surface area contributed by atoms with Crippen molar-refractivity contribution in [1.29, 1.82) is 0 Å². The third-order valence-corrected chi connectivity index (χ3v) is 3.99. The van der Waals surface area contributed by atoms with E-state index in [9.17, 15) is 4.79 Å². The maximum Gasteiger partial charge on any atom is 0.236 e. The van der Waals surface area contributed by atoms with Gasteiger partial charge in [0.25, 0.3) is 0 Å². The average molecular weight is 311 g/mol. The fraction of sp³-hybridized carbons (Fsp3) is 0.588. The van der Waals surface area contributed by atoms with Crippen LogP contribution >= 0.6 is 12.4 Å². The van der Waals surface area contributed by atoms with E-state index >= 15 is 0 Å². The van der Waals surface area contributed by atoms with Crippen LogP contribution in [0, 0.1) is 11.8 Å². The monoisotopic (exact) mass is 310 g/mol. The van der Waals surface area contributed by atoms with Gasteiger partial charge < -0.3 is 10.2 Å². The maximum absolute atomic E-state index is 12.3. The van der Waals surface area contributed by atoms with Gasteiger partial charge in [0, 0.05) is 7.05 Å². The third-order valence-electron chi connectivity index (χ3n) is 3.99. The Labute approximate surface area is 134 Å². The lowest BCUT2D eigenvalue weighted by atomic mass is 9.94. The van der Waals surface area contributed by atoms with Crippen molar-refractivity contribution in [2.24, 2.45) is 11.8 Å². The SMILES string of the molecule is CC(C)C(c1ccccc1)N(C)C(=O)CNCC1CC1.Cl. The van der Waals surface area contributed by atoms with Crippen LogP contribution in [0.2, 0.25) is 0 Å². The molecule has 4 heteroatoms. The Kier molecular flexibility index (Phi) is 7.20. The van der Waals surface area contributed by atoms with Crippen molar-refractivity contribution in [2.75, 3.05) is 20.1 Å². The second-order valence-corrected chi connectivity index (χ2v) is 6.18. The van der Waals surface area contributed by atoms with E-state index < -0.39 is 0 Å². The molecule has 0 heterocycles. The van der Waals surface area contributed by atoms with E-state index in [4.69, 9.17) is 0 Å². The third kappa shape index (κ3) is 5.33. The Hall–Kier alpha value is -1.06. The first-order valence-corrected chi connectivity index (χ1v) is 7.61. The van der Waals surface area contributed by atoms with Crippen LogP contribution in [-0.2, 0) is 4.79 Å². The van der Waals surface area contributed by atoms with Crippen LogP contribution in [0.5, 0.6) is 0 Å². The van der Waals surface area contributed by atoms with Gasteiger partial charge in [-0.2, -0.15) is 0 Å². The van der Waals surface area contributed by atoms with Gasteiger partial charge in [0.2, 0.25) is 5.91 Å². The molecule has 1 aliphatic carbocycles. The molecule has 118 valence electrons. The van der Waals surface area contributed by atoms with Gasteiger partial charge in [0.1, 0.15) is 0 Å². The van der Waals surface area contributed by atoms with E-state index in [1.54, 1.807) is 0 Å². The molecule has 0 bridgehead atoms. The molecule has 1 fully saturated rings. The summed E-state index contributed by atoms with van der Waals surface area (Å²) < 4.78 is 0. The topological polar surface area (TPSA) is 32.3 Å². The number of likely N-dealkylation sites (N-methyl/N-ethyl adjacent to an activating group) is 1. The van der Waals surface area contributed by atoms with E-state index in [1.807, 2.05) is 30.1 Å². The number of nitrogens with zero attached hydrogens (tertiary/aromatic N) is 1. The molecule has 1 unspecified atom stereocenters. The standard InChI is InChI=1S/C17H26N2O.ClH/c1-13(2)17(15-7-5-4-6-8-15)19(3)16(20)12-18-11-14-9-10-14;/h4-8,13-14,17-18H,9-12H2,1-3H3;1H. The van der Waals surface area contributed by atoms with Gasteiger partial charge in [-0.3, -0.25) is 4.79 Å². The highest BCUT2D eigenvalue weighted by molar-refractivity contribution is 5.85. The van der Waals surface area contributed by atoms with Crippen molar-refractivity contribution in [3.8, 4) is 0 Å². The minimum atomic E-state index is 0. The number of rotatable bonds is 7. The van der Waals surface area contributed by atoms with Crippen LogP contribution in [-0.4, -0.2) is 30.9 Å². The van der Waals surface area contributed by atoms with Crippen LogP contribution in [0.3, 0.4) is 0 Å². The molecule has 0 aromatic heterocycles. The van der Waals surface area contributed by atoms with Crippen molar-refractivity contribution in [2.45, 2.75) is 32.7 Å². The molecule has 1 atom stereocenters. The molecule has 1 aromatic carbocycles. The molecule has 1 N–H and O–H groups in total. The Balaban J connectivity index is 0.00000220. The molecule has 1 amide bonds. The van der Waals surface area contributed by atoms with Crippen molar-refractivity contribution < 1.29 is 4.79 Å². The number of hydrogen-bond donors (Lipinski definition) is 1. The van der Waals surface area contributed by atoms with Crippen molar-refractivity contribution >= 4 is 18.3 Å². The van der Waals surface area contributed by atoms with Crippen LogP contribution in [0.15, 0.2) is 30.3 Å². The van der Waals surface area contributed by atoms with Crippen LogP contribution in [0.25, 0.3) is 0 Å². The van der Waals surface area contributed by atoms with Crippen molar-refractivity contribution in [3.05, 3.63) is 35.9 Å². The van der Waals surface area contributed by atoms with Gasteiger partial charge in [0.15, 0.2) is 0 Å². The highest BCUT2D eigenvalue weighted by Crippen LogP contribution is 2.28. The second-order valence-electron chi connectivity index (χ2n) is 6.18. The van der Waals surface area contributed by atoms with Gasteiger partial charge >= 0.3 is 0 Å². The summed E-state index contributed by atoms with van der Waals surface area (Å²) in [6.45, 7) is 5.76. The predicted octanol–water partition coefficient (Wildman–Crippen LogP) is 3.26. The summed E-state index contributed by atoms with van der Waals surface area (Å²) in [5.74, 6) is 1.38. The maximum atomic E-state index is 12.3. The number of carbonyl (C=O) groups excluding carboxylic acids is 1. The van der Waals surface area contributed by atoms with E-state index in [0.717, 1.165) is 12.5 Å². The Morgan fingerprint density at radius 2 is 1.90 bits per heavy atom. The molecule has 0 saturated heterocycles. The summed E-state index contributed by atoms with van der Waals surface area (Å²) in [6, 6.07) is 10.4. The van der Waals surface area contributed by atoms with E-state index in [1.165, 1.54) is 18.4 Å². The molecule has 2 rings (SSSR count). The van der Waals surface area contributed by atoms with Gasteiger partial charge in [-0.05, 0) is 36.8 Å². The molecule has 21 heavy (non-hydrogen) atoms. The zero-order valence-electron chi connectivity index (χ0n) is 13.2. The van der Waals surface area contributed by atoms with Crippen molar-refractivity contribution in [1.82, 2.24) is 10.2 Å².